The van der Waals surface area contributed by atoms with Gasteiger partial charge >= 0.3 is 5.97 Å². The van der Waals surface area contributed by atoms with Gasteiger partial charge in [0.25, 0.3) is 0 Å². The minimum absolute atomic E-state index is 0.194. The van der Waals surface area contributed by atoms with Crippen LogP contribution in [0.4, 0.5) is 0 Å². The van der Waals surface area contributed by atoms with Crippen molar-refractivity contribution < 1.29 is 19.1 Å². The molecule has 1 aromatic rings. The van der Waals surface area contributed by atoms with Gasteiger partial charge < -0.3 is 9.47 Å². The average molecular weight is 208 g/mol. The van der Waals surface area contributed by atoms with Crippen LogP contribution in [0.5, 0.6) is 5.75 Å². The van der Waals surface area contributed by atoms with E-state index in [1.54, 1.807) is 18.2 Å². The highest BCUT2D eigenvalue weighted by Crippen LogP contribution is 2.18. The number of aryl methyl sites for hydroxylation is 1. The summed E-state index contributed by atoms with van der Waals surface area (Å²) in [4.78, 5) is 21.5. The predicted octanol–water partition coefficient (Wildman–Crippen LogP) is 1.36. The highest BCUT2D eigenvalue weighted by molar-refractivity contribution is 5.80. The number of hydrogen-bond acceptors (Lipinski definition) is 4. The molecule has 0 amide bonds. The quantitative estimate of drug-likeness (QED) is 0.553. The van der Waals surface area contributed by atoms with Crippen LogP contribution in [0.1, 0.15) is 15.9 Å². The summed E-state index contributed by atoms with van der Waals surface area (Å²) in [5, 5.41) is 0. The van der Waals surface area contributed by atoms with Crippen LogP contribution in [0.15, 0.2) is 18.2 Å². The molecule has 0 aliphatic carbocycles. The largest absolute Gasteiger partial charge is 0.481 e. The minimum Gasteiger partial charge on any atom is -0.481 e. The molecule has 0 saturated carbocycles. The first-order chi connectivity index (χ1) is 7.17. The van der Waals surface area contributed by atoms with Gasteiger partial charge in [-0.3, -0.25) is 4.79 Å². The Labute approximate surface area is 87.8 Å². The van der Waals surface area contributed by atoms with E-state index in [2.05, 4.69) is 4.74 Å². The molecule has 0 radical (unpaired) electrons. The first kappa shape index (κ1) is 11.2. The van der Waals surface area contributed by atoms with Crippen molar-refractivity contribution >= 4 is 12.3 Å². The molecule has 4 heteroatoms. The highest BCUT2D eigenvalue weighted by Gasteiger charge is 2.06. The maximum absolute atomic E-state index is 10.8. The maximum Gasteiger partial charge on any atom is 0.343 e. The number of benzene rings is 1. The number of methoxy groups -OCH3 is 1. The summed E-state index contributed by atoms with van der Waals surface area (Å²) in [5.74, 6) is -0.0799. The van der Waals surface area contributed by atoms with Crippen molar-refractivity contribution in [2.45, 2.75) is 6.92 Å². The van der Waals surface area contributed by atoms with Crippen molar-refractivity contribution in [3.05, 3.63) is 29.3 Å². The summed E-state index contributed by atoms with van der Waals surface area (Å²) in [6.45, 7) is 1.68. The molecule has 4 nitrogen and oxygen atoms in total. The topological polar surface area (TPSA) is 52.6 Å². The molecule has 1 rings (SSSR count). The monoisotopic (exact) mass is 208 g/mol. The molecule has 0 fully saturated rings. The summed E-state index contributed by atoms with van der Waals surface area (Å²) in [5.41, 5.74) is 1.38. The van der Waals surface area contributed by atoms with Crippen LogP contribution in [-0.4, -0.2) is 26.0 Å². The van der Waals surface area contributed by atoms with E-state index in [1.165, 1.54) is 7.11 Å². The van der Waals surface area contributed by atoms with Crippen LogP contribution in [0.25, 0.3) is 0 Å². The van der Waals surface area contributed by atoms with Crippen LogP contribution in [-0.2, 0) is 9.53 Å². The SMILES string of the molecule is COC(=O)COc1cc(C)ccc1C=O. The Bertz CT molecular complexity index is 371. The number of ether oxygens (including phenoxy) is 2. The lowest BCUT2D eigenvalue weighted by atomic mass is 10.1. The molecule has 15 heavy (non-hydrogen) atoms. The molecule has 0 saturated heterocycles. The van der Waals surface area contributed by atoms with E-state index >= 15 is 0 Å². The van der Waals surface area contributed by atoms with Gasteiger partial charge in [-0.15, -0.1) is 0 Å². The maximum atomic E-state index is 10.8. The zero-order valence-electron chi connectivity index (χ0n) is 8.65. The van der Waals surface area contributed by atoms with Gasteiger partial charge in [-0.1, -0.05) is 6.07 Å². The van der Waals surface area contributed by atoms with Crippen molar-refractivity contribution in [2.24, 2.45) is 0 Å². The third kappa shape index (κ3) is 3.09. The molecule has 0 bridgehead atoms. The Morgan fingerprint density at radius 2 is 2.20 bits per heavy atom. The fourth-order valence-corrected chi connectivity index (χ4v) is 1.06. The summed E-state index contributed by atoms with van der Waals surface area (Å²) in [7, 11) is 1.28. The lowest BCUT2D eigenvalue weighted by Crippen LogP contribution is -2.13. The van der Waals surface area contributed by atoms with Crippen molar-refractivity contribution in [3.63, 3.8) is 0 Å². The second-order valence-electron chi connectivity index (χ2n) is 3.02. The summed E-state index contributed by atoms with van der Waals surface area (Å²) in [6.07, 6.45) is 0.687. The van der Waals surface area contributed by atoms with Crippen LogP contribution in [0.3, 0.4) is 0 Å². The third-order valence-corrected chi connectivity index (χ3v) is 1.87. The van der Waals surface area contributed by atoms with E-state index in [4.69, 9.17) is 4.74 Å². The molecule has 0 aliphatic rings. The second kappa shape index (κ2) is 5.14. The lowest BCUT2D eigenvalue weighted by molar-refractivity contribution is -0.142. The summed E-state index contributed by atoms with van der Waals surface area (Å²) < 4.78 is 9.58. The Kier molecular flexibility index (Phi) is 3.85. The van der Waals surface area contributed by atoms with Gasteiger partial charge in [-0.25, -0.2) is 4.79 Å². The summed E-state index contributed by atoms with van der Waals surface area (Å²) >= 11 is 0. The third-order valence-electron chi connectivity index (χ3n) is 1.87. The van der Waals surface area contributed by atoms with Crippen LogP contribution >= 0.6 is 0 Å². The van der Waals surface area contributed by atoms with Gasteiger partial charge in [0.2, 0.25) is 0 Å². The van der Waals surface area contributed by atoms with E-state index < -0.39 is 5.97 Å². The van der Waals surface area contributed by atoms with Crippen LogP contribution in [0, 0.1) is 6.92 Å². The van der Waals surface area contributed by atoms with Gasteiger partial charge in [0, 0.05) is 0 Å². The normalized spacial score (nSPS) is 9.47. The van der Waals surface area contributed by atoms with Gasteiger partial charge in [0.15, 0.2) is 12.9 Å². The van der Waals surface area contributed by atoms with Crippen molar-refractivity contribution in [2.75, 3.05) is 13.7 Å². The molecule has 0 aliphatic heterocycles. The smallest absolute Gasteiger partial charge is 0.343 e. The molecule has 0 unspecified atom stereocenters. The first-order valence-electron chi connectivity index (χ1n) is 4.43. The second-order valence-corrected chi connectivity index (χ2v) is 3.02. The Morgan fingerprint density at radius 3 is 2.80 bits per heavy atom. The molecule has 0 heterocycles. The number of carbonyl (C=O) groups is 2. The Balaban J connectivity index is 2.78. The number of hydrogen-bond donors (Lipinski definition) is 0. The molecular weight excluding hydrogens is 196 g/mol. The van der Waals surface area contributed by atoms with Crippen molar-refractivity contribution in [1.29, 1.82) is 0 Å². The number of esters is 1. The number of aldehydes is 1. The molecule has 1 aromatic carbocycles. The molecule has 80 valence electrons. The van der Waals surface area contributed by atoms with E-state index in [-0.39, 0.29) is 6.61 Å². The fraction of sp³-hybridized carbons (Fsp3) is 0.273. The van der Waals surface area contributed by atoms with E-state index in [0.717, 1.165) is 5.56 Å². The Hall–Kier alpha value is -1.84. The minimum atomic E-state index is -0.478. The number of rotatable bonds is 4. The van der Waals surface area contributed by atoms with Gasteiger partial charge in [0.05, 0.1) is 12.7 Å². The average Bonchev–Trinajstić information content (AvgIpc) is 2.26. The van der Waals surface area contributed by atoms with Crippen LogP contribution in [0.2, 0.25) is 0 Å². The van der Waals surface area contributed by atoms with E-state index in [1.807, 2.05) is 6.92 Å². The van der Waals surface area contributed by atoms with Gasteiger partial charge in [0.1, 0.15) is 5.75 Å². The standard InChI is InChI=1S/C11H12O4/c1-8-3-4-9(6-12)10(5-8)15-7-11(13)14-2/h3-6H,7H2,1-2H3. The zero-order chi connectivity index (χ0) is 11.3. The summed E-state index contributed by atoms with van der Waals surface area (Å²) in [6, 6.07) is 5.15. The van der Waals surface area contributed by atoms with Gasteiger partial charge in [-0.2, -0.15) is 0 Å². The lowest BCUT2D eigenvalue weighted by Gasteiger charge is -2.07. The predicted molar refractivity (Wildman–Crippen MR) is 54.1 cm³/mol. The number of carbonyl (C=O) groups excluding carboxylic acids is 2. The van der Waals surface area contributed by atoms with Crippen molar-refractivity contribution in [3.8, 4) is 5.75 Å². The molecule has 0 aromatic heterocycles. The fourth-order valence-electron chi connectivity index (χ4n) is 1.06. The Morgan fingerprint density at radius 1 is 1.47 bits per heavy atom. The van der Waals surface area contributed by atoms with E-state index in [9.17, 15) is 9.59 Å². The molecule has 0 spiro atoms. The van der Waals surface area contributed by atoms with Crippen molar-refractivity contribution in [1.82, 2.24) is 0 Å². The molecule has 0 atom stereocenters. The van der Waals surface area contributed by atoms with Gasteiger partial charge in [-0.05, 0) is 24.6 Å². The van der Waals surface area contributed by atoms with E-state index in [0.29, 0.717) is 17.6 Å². The first-order valence-corrected chi connectivity index (χ1v) is 4.43. The zero-order valence-corrected chi connectivity index (χ0v) is 8.65. The molecular formula is C11H12O4. The molecule has 0 N–H and O–H groups in total. The van der Waals surface area contributed by atoms with Crippen LogP contribution < -0.4 is 4.74 Å². The highest BCUT2D eigenvalue weighted by atomic mass is 16.6.